The van der Waals surface area contributed by atoms with Gasteiger partial charge >= 0.3 is 0 Å². The maximum absolute atomic E-state index is 12.8. The number of pyridine rings is 1. The number of carbonyl (C=O) groups is 1. The third kappa shape index (κ3) is 4.58. The maximum atomic E-state index is 12.8. The Morgan fingerprint density at radius 3 is 2.70 bits per heavy atom. The van der Waals surface area contributed by atoms with Crippen molar-refractivity contribution >= 4 is 40.4 Å². The van der Waals surface area contributed by atoms with E-state index < -0.39 is 0 Å². The fraction of sp³-hybridized carbons (Fsp3) is 0.211. The number of aryl methyl sites for hydroxylation is 2. The lowest BCUT2D eigenvalue weighted by molar-refractivity contribution is 0.0937. The van der Waals surface area contributed by atoms with Gasteiger partial charge in [0.1, 0.15) is 11.3 Å². The van der Waals surface area contributed by atoms with Gasteiger partial charge in [0.25, 0.3) is 5.91 Å². The molecule has 0 radical (unpaired) electrons. The minimum absolute atomic E-state index is 0.170. The highest BCUT2D eigenvalue weighted by Crippen LogP contribution is 2.32. The molecule has 0 saturated heterocycles. The zero-order chi connectivity index (χ0) is 19.6. The molecule has 8 heteroatoms. The van der Waals surface area contributed by atoms with E-state index in [9.17, 15) is 4.79 Å². The maximum Gasteiger partial charge on any atom is 0.257 e. The van der Waals surface area contributed by atoms with Crippen molar-refractivity contribution in [1.82, 2.24) is 15.3 Å². The number of aromatic nitrogens is 2. The minimum atomic E-state index is -0.291. The number of nitrogens with one attached hydrogen (secondary N) is 1. The van der Waals surface area contributed by atoms with E-state index >= 15 is 0 Å². The normalized spacial score (nSPS) is 11.9. The molecular formula is C19H17Cl2N3O2S. The molecule has 5 nitrogen and oxygen atoms in total. The zero-order valence-electron chi connectivity index (χ0n) is 14.9. The van der Waals surface area contributed by atoms with E-state index in [4.69, 9.17) is 27.9 Å². The molecule has 0 saturated carbocycles. The van der Waals surface area contributed by atoms with Gasteiger partial charge in [-0.1, -0.05) is 23.2 Å². The molecular weight excluding hydrogens is 405 g/mol. The van der Waals surface area contributed by atoms with Gasteiger partial charge in [-0.3, -0.25) is 4.79 Å². The van der Waals surface area contributed by atoms with Crippen LogP contribution in [0.2, 0.25) is 10.0 Å². The smallest absolute Gasteiger partial charge is 0.257 e. The molecule has 0 aliphatic carbocycles. The van der Waals surface area contributed by atoms with Crippen LogP contribution in [0.3, 0.4) is 0 Å². The molecule has 0 aliphatic heterocycles. The number of nitrogens with zero attached hydrogens (tertiary/aromatic N) is 2. The summed E-state index contributed by atoms with van der Waals surface area (Å²) >= 11 is 13.6. The van der Waals surface area contributed by atoms with E-state index in [-0.39, 0.29) is 17.8 Å². The summed E-state index contributed by atoms with van der Waals surface area (Å²) in [4.78, 5) is 22.4. The van der Waals surface area contributed by atoms with Crippen LogP contribution in [0.15, 0.2) is 36.5 Å². The van der Waals surface area contributed by atoms with E-state index in [2.05, 4.69) is 15.3 Å². The fourth-order valence-electron chi connectivity index (χ4n) is 2.60. The van der Waals surface area contributed by atoms with Crippen LogP contribution in [-0.2, 0) is 0 Å². The summed E-state index contributed by atoms with van der Waals surface area (Å²) in [6, 6.07) is 8.00. The Morgan fingerprint density at radius 1 is 1.26 bits per heavy atom. The first-order valence-electron chi connectivity index (χ1n) is 8.18. The molecule has 0 bridgehead atoms. The lowest BCUT2D eigenvalue weighted by atomic mass is 10.2. The Balaban J connectivity index is 1.82. The number of amides is 1. The SMILES string of the molecule is Cc1nc(C)c([C@@H](C)NC(=O)c2cccnc2Oc2ccc(Cl)cc2Cl)s1. The summed E-state index contributed by atoms with van der Waals surface area (Å²) in [5.41, 5.74) is 1.23. The van der Waals surface area contributed by atoms with Gasteiger partial charge in [-0.2, -0.15) is 0 Å². The molecule has 140 valence electrons. The van der Waals surface area contributed by atoms with E-state index in [1.807, 2.05) is 20.8 Å². The van der Waals surface area contributed by atoms with Crippen LogP contribution < -0.4 is 10.1 Å². The third-order valence-corrected chi connectivity index (χ3v) is 5.58. The second-order valence-electron chi connectivity index (χ2n) is 5.91. The Kier molecular flexibility index (Phi) is 5.99. The Bertz CT molecular complexity index is 991. The summed E-state index contributed by atoms with van der Waals surface area (Å²) in [5, 5.41) is 4.77. The summed E-state index contributed by atoms with van der Waals surface area (Å²) < 4.78 is 5.76. The van der Waals surface area contributed by atoms with Gasteiger partial charge in [0.05, 0.1) is 21.8 Å². The molecule has 0 unspecified atom stereocenters. The molecule has 27 heavy (non-hydrogen) atoms. The molecule has 1 atom stereocenters. The Labute approximate surface area is 171 Å². The van der Waals surface area contributed by atoms with E-state index in [1.165, 1.54) is 0 Å². The predicted molar refractivity (Wildman–Crippen MR) is 108 cm³/mol. The van der Waals surface area contributed by atoms with Crippen LogP contribution in [0.5, 0.6) is 11.6 Å². The van der Waals surface area contributed by atoms with Crippen LogP contribution in [0.25, 0.3) is 0 Å². The van der Waals surface area contributed by atoms with Crippen LogP contribution in [0.4, 0.5) is 0 Å². The average molecular weight is 422 g/mol. The highest BCUT2D eigenvalue weighted by Gasteiger charge is 2.20. The van der Waals surface area contributed by atoms with Crippen LogP contribution in [-0.4, -0.2) is 15.9 Å². The fourth-order valence-corrected chi connectivity index (χ4v) is 3.97. The lowest BCUT2D eigenvalue weighted by Gasteiger charge is -2.15. The molecule has 1 aromatic carbocycles. The largest absolute Gasteiger partial charge is 0.437 e. The number of halogens is 2. The van der Waals surface area contributed by atoms with Gasteiger partial charge in [-0.05, 0) is 51.1 Å². The van der Waals surface area contributed by atoms with Crippen molar-refractivity contribution in [2.45, 2.75) is 26.8 Å². The number of hydrogen-bond donors (Lipinski definition) is 1. The van der Waals surface area contributed by atoms with Gasteiger partial charge < -0.3 is 10.1 Å². The van der Waals surface area contributed by atoms with Gasteiger partial charge in [0.2, 0.25) is 5.88 Å². The van der Waals surface area contributed by atoms with Gasteiger partial charge in [0, 0.05) is 16.1 Å². The number of rotatable bonds is 5. The number of hydrogen-bond acceptors (Lipinski definition) is 5. The summed E-state index contributed by atoms with van der Waals surface area (Å²) in [6.07, 6.45) is 1.55. The van der Waals surface area contributed by atoms with Crippen molar-refractivity contribution in [2.75, 3.05) is 0 Å². The molecule has 0 aliphatic rings. The van der Waals surface area contributed by atoms with Gasteiger partial charge in [-0.15, -0.1) is 11.3 Å². The zero-order valence-corrected chi connectivity index (χ0v) is 17.2. The molecule has 0 spiro atoms. The van der Waals surface area contributed by atoms with Gasteiger partial charge in [0.15, 0.2) is 0 Å². The van der Waals surface area contributed by atoms with Crippen LogP contribution >= 0.6 is 34.5 Å². The van der Waals surface area contributed by atoms with Crippen LogP contribution in [0, 0.1) is 13.8 Å². The number of thiazole rings is 1. The van der Waals surface area contributed by atoms with Crippen molar-refractivity contribution in [3.8, 4) is 11.6 Å². The van der Waals surface area contributed by atoms with E-state index in [0.717, 1.165) is 15.6 Å². The molecule has 2 heterocycles. The van der Waals surface area contributed by atoms with Crippen molar-refractivity contribution in [2.24, 2.45) is 0 Å². The average Bonchev–Trinajstić information content (AvgIpc) is 2.96. The minimum Gasteiger partial charge on any atom is -0.437 e. The summed E-state index contributed by atoms with van der Waals surface area (Å²) in [5.74, 6) is 0.251. The topological polar surface area (TPSA) is 64.1 Å². The summed E-state index contributed by atoms with van der Waals surface area (Å²) in [7, 11) is 0. The predicted octanol–water partition coefficient (Wildman–Crippen LogP) is 5.75. The quantitative estimate of drug-likeness (QED) is 0.569. The Morgan fingerprint density at radius 2 is 2.04 bits per heavy atom. The van der Waals surface area contributed by atoms with E-state index in [0.29, 0.717) is 21.4 Å². The first-order valence-corrected chi connectivity index (χ1v) is 9.75. The monoisotopic (exact) mass is 421 g/mol. The third-order valence-electron chi connectivity index (χ3n) is 3.80. The van der Waals surface area contributed by atoms with Crippen molar-refractivity contribution in [1.29, 1.82) is 0 Å². The van der Waals surface area contributed by atoms with Crippen molar-refractivity contribution in [3.63, 3.8) is 0 Å². The molecule has 3 rings (SSSR count). The lowest BCUT2D eigenvalue weighted by Crippen LogP contribution is -2.27. The highest BCUT2D eigenvalue weighted by molar-refractivity contribution is 7.11. The molecule has 3 aromatic rings. The summed E-state index contributed by atoms with van der Waals surface area (Å²) in [6.45, 7) is 5.80. The number of benzene rings is 1. The van der Waals surface area contributed by atoms with E-state index in [1.54, 1.807) is 47.9 Å². The van der Waals surface area contributed by atoms with Crippen LogP contribution in [0.1, 0.15) is 38.9 Å². The molecule has 0 fully saturated rings. The molecule has 1 N–H and O–H groups in total. The highest BCUT2D eigenvalue weighted by atomic mass is 35.5. The molecule has 2 aromatic heterocycles. The Hall–Kier alpha value is -2.15. The van der Waals surface area contributed by atoms with Crippen molar-refractivity contribution < 1.29 is 9.53 Å². The number of carbonyl (C=O) groups excluding carboxylic acids is 1. The van der Waals surface area contributed by atoms with Crippen molar-refractivity contribution in [3.05, 3.63) is 67.7 Å². The first kappa shape index (κ1) is 19.6. The number of ether oxygens (including phenoxy) is 1. The second-order valence-corrected chi connectivity index (χ2v) is 7.99. The van der Waals surface area contributed by atoms with Gasteiger partial charge in [-0.25, -0.2) is 9.97 Å². The second kappa shape index (κ2) is 8.25. The standard InChI is InChI=1S/C19H17Cl2N3O2S/c1-10-17(27-12(3)23-10)11(2)24-18(25)14-5-4-8-22-19(14)26-16-7-6-13(20)9-15(16)21/h4-9,11H,1-3H3,(H,24,25)/t11-/m1/s1. The first-order chi connectivity index (χ1) is 12.8. The molecule has 1 amide bonds.